The summed E-state index contributed by atoms with van der Waals surface area (Å²) in [6.07, 6.45) is 1.00. The number of ether oxygens (including phenoxy) is 2. The van der Waals surface area contributed by atoms with E-state index in [-0.39, 0.29) is 29.8 Å². The van der Waals surface area contributed by atoms with Crippen molar-refractivity contribution in [2.45, 2.75) is 38.2 Å². The van der Waals surface area contributed by atoms with Crippen molar-refractivity contribution in [3.63, 3.8) is 0 Å². The van der Waals surface area contributed by atoms with E-state index in [1.54, 1.807) is 12.1 Å². The number of methoxy groups -OCH3 is 1. The average Bonchev–Trinajstić information content (AvgIpc) is 2.92. The molecule has 2 N–H and O–H groups in total. The fraction of sp³-hybridized carbons (Fsp3) is 0.226. The lowest BCUT2D eigenvalue weighted by Crippen LogP contribution is -2.36. The number of Topliss-reactive ketones (excluding diaryl/α,β-unsaturated/α-hetero) is 1. The number of esters is 1. The number of rotatable bonds is 6. The highest BCUT2D eigenvalue weighted by Crippen LogP contribution is 2.46. The van der Waals surface area contributed by atoms with Gasteiger partial charge in [-0.05, 0) is 48.1 Å². The van der Waals surface area contributed by atoms with Gasteiger partial charge in [-0.25, -0.2) is 4.79 Å². The molecule has 0 saturated carbocycles. The molecule has 6 heteroatoms. The molecule has 1 aliphatic heterocycles. The van der Waals surface area contributed by atoms with E-state index in [4.69, 9.17) is 9.47 Å². The van der Waals surface area contributed by atoms with E-state index in [0.29, 0.717) is 35.2 Å². The van der Waals surface area contributed by atoms with Crippen molar-refractivity contribution in [3.05, 3.63) is 118 Å². The van der Waals surface area contributed by atoms with Crippen molar-refractivity contribution >= 4 is 11.8 Å². The van der Waals surface area contributed by atoms with Gasteiger partial charge in [0.05, 0.1) is 12.7 Å². The summed E-state index contributed by atoms with van der Waals surface area (Å²) >= 11 is 0. The smallest absolute Gasteiger partial charge is 0.337 e. The van der Waals surface area contributed by atoms with Crippen LogP contribution in [0.5, 0.6) is 11.5 Å². The summed E-state index contributed by atoms with van der Waals surface area (Å²) in [5.74, 6) is -0.829. The Bertz CT molecular complexity index is 1390. The number of aromatic hydroxyl groups is 1. The zero-order chi connectivity index (χ0) is 25.9. The van der Waals surface area contributed by atoms with Crippen molar-refractivity contribution in [1.82, 2.24) is 5.32 Å². The topological polar surface area (TPSA) is 84.9 Å². The first-order chi connectivity index (χ1) is 18.0. The van der Waals surface area contributed by atoms with E-state index in [1.807, 2.05) is 67.6 Å². The minimum atomic E-state index is -0.641. The molecule has 0 amide bonds. The van der Waals surface area contributed by atoms with Crippen LogP contribution >= 0.6 is 0 Å². The van der Waals surface area contributed by atoms with Gasteiger partial charge in [-0.3, -0.25) is 4.79 Å². The molecule has 0 radical (unpaired) electrons. The van der Waals surface area contributed by atoms with E-state index in [2.05, 4.69) is 5.32 Å². The first kappa shape index (κ1) is 24.4. The fourth-order valence-corrected chi connectivity index (χ4v) is 5.28. The van der Waals surface area contributed by atoms with Gasteiger partial charge in [-0.2, -0.15) is 0 Å². The van der Waals surface area contributed by atoms with E-state index in [9.17, 15) is 14.7 Å². The summed E-state index contributed by atoms with van der Waals surface area (Å²) in [4.78, 5) is 27.2. The highest BCUT2D eigenvalue weighted by atomic mass is 16.5. The summed E-state index contributed by atoms with van der Waals surface area (Å²) in [5, 5.41) is 13.6. The molecule has 3 aromatic carbocycles. The van der Waals surface area contributed by atoms with Crippen molar-refractivity contribution < 1.29 is 24.2 Å². The van der Waals surface area contributed by atoms with Crippen LogP contribution in [0.2, 0.25) is 0 Å². The molecular weight excluding hydrogens is 466 g/mol. The van der Waals surface area contributed by atoms with Gasteiger partial charge in [0.2, 0.25) is 0 Å². The molecule has 37 heavy (non-hydrogen) atoms. The fourth-order valence-electron chi connectivity index (χ4n) is 5.28. The van der Waals surface area contributed by atoms with E-state index in [1.165, 1.54) is 13.2 Å². The lowest BCUT2D eigenvalue weighted by atomic mass is 9.71. The van der Waals surface area contributed by atoms with Crippen molar-refractivity contribution in [1.29, 1.82) is 0 Å². The van der Waals surface area contributed by atoms with E-state index < -0.39 is 11.9 Å². The zero-order valence-corrected chi connectivity index (χ0v) is 20.9. The SMILES string of the molecule is COc1cc([C@H]2C(C(=O)OCc3ccccc3)=C(C)NC3=C2C(=O)C[C@@H](c2ccccc2)C3)ccc1O. The third kappa shape index (κ3) is 4.87. The Balaban J connectivity index is 1.55. The maximum atomic E-state index is 13.7. The lowest BCUT2D eigenvalue weighted by molar-refractivity contribution is -0.140. The Kier molecular flexibility index (Phi) is 6.82. The first-order valence-corrected chi connectivity index (χ1v) is 12.3. The van der Waals surface area contributed by atoms with Crippen LogP contribution in [-0.2, 0) is 20.9 Å². The van der Waals surface area contributed by atoms with Crippen LogP contribution in [0.3, 0.4) is 0 Å². The van der Waals surface area contributed by atoms with Crippen LogP contribution in [0.4, 0.5) is 0 Å². The number of hydrogen-bond donors (Lipinski definition) is 2. The maximum Gasteiger partial charge on any atom is 0.337 e. The van der Waals surface area contributed by atoms with Gasteiger partial charge >= 0.3 is 5.97 Å². The Morgan fingerprint density at radius 1 is 0.973 bits per heavy atom. The van der Waals surface area contributed by atoms with Gasteiger partial charge in [0.1, 0.15) is 6.61 Å². The van der Waals surface area contributed by atoms with Crippen molar-refractivity contribution in [3.8, 4) is 11.5 Å². The summed E-state index contributed by atoms with van der Waals surface area (Å²) < 4.78 is 11.1. The number of dihydropyridines is 1. The molecule has 188 valence electrons. The highest BCUT2D eigenvalue weighted by molar-refractivity contribution is 6.04. The van der Waals surface area contributed by atoms with Crippen LogP contribution in [0.1, 0.15) is 48.3 Å². The second-order valence-corrected chi connectivity index (χ2v) is 9.42. The Hall–Kier alpha value is -4.32. The van der Waals surface area contributed by atoms with E-state index in [0.717, 1.165) is 16.8 Å². The third-order valence-corrected chi connectivity index (χ3v) is 7.07. The molecule has 0 aromatic heterocycles. The number of ketones is 1. The average molecular weight is 496 g/mol. The largest absolute Gasteiger partial charge is 0.504 e. The second-order valence-electron chi connectivity index (χ2n) is 9.42. The van der Waals surface area contributed by atoms with Crippen LogP contribution in [0.15, 0.2) is 101 Å². The normalized spacial score (nSPS) is 19.2. The Labute approximate surface area is 216 Å². The molecule has 0 saturated heterocycles. The third-order valence-electron chi connectivity index (χ3n) is 7.07. The Morgan fingerprint density at radius 2 is 1.68 bits per heavy atom. The molecule has 6 nitrogen and oxygen atoms in total. The number of phenols is 1. The standard InChI is InChI=1S/C31H29NO5/c1-19-28(31(35)37-18-20-9-5-3-6-10-20)29(22-13-14-25(33)27(17-22)36-2)30-24(32-19)15-23(16-26(30)34)21-11-7-4-8-12-21/h3-14,17,23,29,32-33H,15-16,18H2,1-2H3/t23-,29-/m0/s1. The van der Waals surface area contributed by atoms with Crippen LogP contribution in [0, 0.1) is 0 Å². The zero-order valence-electron chi connectivity index (χ0n) is 20.9. The number of hydrogen-bond acceptors (Lipinski definition) is 6. The number of carbonyl (C=O) groups is 2. The van der Waals surface area contributed by atoms with Gasteiger partial charge in [0.15, 0.2) is 17.3 Å². The molecule has 0 unspecified atom stereocenters. The number of phenolic OH excluding ortho intramolecular Hbond substituents is 1. The maximum absolute atomic E-state index is 13.7. The molecule has 2 atom stereocenters. The van der Waals surface area contributed by atoms with Crippen LogP contribution < -0.4 is 10.1 Å². The monoisotopic (exact) mass is 495 g/mol. The van der Waals surface area contributed by atoms with Crippen LogP contribution in [-0.4, -0.2) is 24.0 Å². The van der Waals surface area contributed by atoms with Gasteiger partial charge < -0.3 is 19.9 Å². The van der Waals surface area contributed by atoms with Crippen molar-refractivity contribution in [2.24, 2.45) is 0 Å². The molecule has 2 aliphatic rings. The lowest BCUT2D eigenvalue weighted by Gasteiger charge is -2.36. The summed E-state index contributed by atoms with van der Waals surface area (Å²) in [6, 6.07) is 24.4. The molecule has 3 aromatic rings. The molecule has 0 spiro atoms. The highest BCUT2D eigenvalue weighted by Gasteiger charge is 2.41. The Morgan fingerprint density at radius 3 is 2.38 bits per heavy atom. The molecule has 1 aliphatic carbocycles. The summed E-state index contributed by atoms with van der Waals surface area (Å²) in [5.41, 5.74) is 5.09. The number of carbonyl (C=O) groups excluding carboxylic acids is 2. The predicted octanol–water partition coefficient (Wildman–Crippen LogP) is 5.51. The van der Waals surface area contributed by atoms with Crippen LogP contribution in [0.25, 0.3) is 0 Å². The van der Waals surface area contributed by atoms with Gasteiger partial charge in [-0.1, -0.05) is 66.7 Å². The predicted molar refractivity (Wildman–Crippen MR) is 140 cm³/mol. The molecule has 1 heterocycles. The summed E-state index contributed by atoms with van der Waals surface area (Å²) in [6.45, 7) is 1.96. The second kappa shape index (κ2) is 10.3. The quantitative estimate of drug-likeness (QED) is 0.439. The van der Waals surface area contributed by atoms with Gasteiger partial charge in [-0.15, -0.1) is 0 Å². The number of benzene rings is 3. The van der Waals surface area contributed by atoms with Gasteiger partial charge in [0, 0.05) is 29.3 Å². The van der Waals surface area contributed by atoms with Crippen molar-refractivity contribution in [2.75, 3.05) is 7.11 Å². The van der Waals surface area contributed by atoms with E-state index >= 15 is 0 Å². The minimum absolute atomic E-state index is 0.0117. The molecule has 0 bridgehead atoms. The minimum Gasteiger partial charge on any atom is -0.504 e. The van der Waals surface area contributed by atoms with Gasteiger partial charge in [0.25, 0.3) is 0 Å². The number of allylic oxidation sites excluding steroid dienone is 3. The first-order valence-electron chi connectivity index (χ1n) is 12.3. The molecule has 5 rings (SSSR count). The number of nitrogens with one attached hydrogen (secondary N) is 1. The molecular formula is C31H29NO5. The summed E-state index contributed by atoms with van der Waals surface area (Å²) in [7, 11) is 1.47. The molecule has 0 fully saturated rings.